The van der Waals surface area contributed by atoms with Crippen LogP contribution in [-0.4, -0.2) is 36.5 Å². The molecule has 1 aromatic carbocycles. The van der Waals surface area contributed by atoms with Gasteiger partial charge in [-0.25, -0.2) is 0 Å². The molecule has 3 heteroatoms. The van der Waals surface area contributed by atoms with Crippen LogP contribution in [-0.2, 0) is 4.79 Å². The number of benzene rings is 1. The summed E-state index contributed by atoms with van der Waals surface area (Å²) in [5, 5.41) is 3.33. The zero-order chi connectivity index (χ0) is 15.5. The van der Waals surface area contributed by atoms with E-state index in [9.17, 15) is 4.79 Å². The maximum absolute atomic E-state index is 11.7. The second-order valence-corrected chi connectivity index (χ2v) is 5.58. The molecule has 1 N–H and O–H groups in total. The van der Waals surface area contributed by atoms with Gasteiger partial charge in [-0.15, -0.1) is 0 Å². The Kier molecular flexibility index (Phi) is 8.76. The van der Waals surface area contributed by atoms with E-state index in [-0.39, 0.29) is 0 Å². The van der Waals surface area contributed by atoms with Gasteiger partial charge in [-0.1, -0.05) is 49.7 Å². The number of carbonyl (C=O) groups is 1. The number of hydrogen-bond acceptors (Lipinski definition) is 2. The van der Waals surface area contributed by atoms with E-state index in [1.54, 1.807) is 0 Å². The summed E-state index contributed by atoms with van der Waals surface area (Å²) in [7, 11) is 0. The molecule has 0 radical (unpaired) electrons. The smallest absolute Gasteiger partial charge is 0.222 e. The van der Waals surface area contributed by atoms with Gasteiger partial charge >= 0.3 is 0 Å². The third-order valence-corrected chi connectivity index (χ3v) is 3.78. The number of amides is 1. The number of carbonyl (C=O) groups excluding carboxylic acids is 1. The molecule has 1 aromatic rings. The van der Waals surface area contributed by atoms with E-state index < -0.39 is 0 Å². The molecule has 0 bridgehead atoms. The molecule has 1 amide bonds. The minimum Gasteiger partial charge on any atom is -0.340 e. The van der Waals surface area contributed by atoms with Gasteiger partial charge in [0.1, 0.15) is 0 Å². The van der Waals surface area contributed by atoms with Crippen LogP contribution < -0.4 is 5.32 Å². The van der Waals surface area contributed by atoms with Crippen molar-refractivity contribution < 1.29 is 4.79 Å². The Balaban J connectivity index is 0.000000262. The summed E-state index contributed by atoms with van der Waals surface area (Å²) in [6.45, 7) is 9.21. The summed E-state index contributed by atoms with van der Waals surface area (Å²) in [5.74, 6) is 0.318. The van der Waals surface area contributed by atoms with Crippen molar-refractivity contribution in [1.29, 1.82) is 0 Å². The number of nitrogens with one attached hydrogen (secondary N) is 1. The van der Waals surface area contributed by atoms with Gasteiger partial charge in [-0.3, -0.25) is 4.79 Å². The SMILES string of the molecule is CCCN(C(=O)CC)C1CCNCC1.Cc1ccccc1. The zero-order valence-electron chi connectivity index (χ0n) is 13.8. The molecule has 118 valence electrons. The van der Waals surface area contributed by atoms with E-state index in [1.807, 2.05) is 25.1 Å². The molecule has 0 aliphatic carbocycles. The van der Waals surface area contributed by atoms with Crippen LogP contribution >= 0.6 is 0 Å². The van der Waals surface area contributed by atoms with Crippen molar-refractivity contribution >= 4 is 5.91 Å². The molecule has 0 saturated carbocycles. The van der Waals surface area contributed by atoms with Crippen molar-refractivity contribution in [3.8, 4) is 0 Å². The monoisotopic (exact) mass is 290 g/mol. The number of rotatable bonds is 4. The molecule has 1 heterocycles. The molecular weight excluding hydrogens is 260 g/mol. The highest BCUT2D eigenvalue weighted by Crippen LogP contribution is 2.13. The van der Waals surface area contributed by atoms with Gasteiger partial charge in [0.2, 0.25) is 5.91 Å². The van der Waals surface area contributed by atoms with Crippen LogP contribution in [0.2, 0.25) is 0 Å². The highest BCUT2D eigenvalue weighted by atomic mass is 16.2. The second-order valence-electron chi connectivity index (χ2n) is 5.58. The third kappa shape index (κ3) is 6.76. The summed E-state index contributed by atoms with van der Waals surface area (Å²) in [4.78, 5) is 13.8. The molecule has 0 atom stereocenters. The molecule has 0 unspecified atom stereocenters. The summed E-state index contributed by atoms with van der Waals surface area (Å²) < 4.78 is 0. The topological polar surface area (TPSA) is 32.3 Å². The van der Waals surface area contributed by atoms with Crippen LogP contribution in [0.25, 0.3) is 0 Å². The molecule has 0 spiro atoms. The lowest BCUT2D eigenvalue weighted by Gasteiger charge is -2.34. The summed E-state index contributed by atoms with van der Waals surface area (Å²) >= 11 is 0. The second kappa shape index (κ2) is 10.4. The van der Waals surface area contributed by atoms with E-state index >= 15 is 0 Å². The molecule has 2 rings (SSSR count). The Morgan fingerprint density at radius 1 is 1.19 bits per heavy atom. The normalized spacial score (nSPS) is 15.0. The molecule has 1 aliphatic heterocycles. The lowest BCUT2D eigenvalue weighted by atomic mass is 10.0. The Bertz CT molecular complexity index is 385. The van der Waals surface area contributed by atoms with E-state index in [4.69, 9.17) is 0 Å². The zero-order valence-corrected chi connectivity index (χ0v) is 13.8. The predicted octanol–water partition coefficient (Wildman–Crippen LogP) is 3.38. The summed E-state index contributed by atoms with van der Waals surface area (Å²) in [6, 6.07) is 10.8. The number of piperidine rings is 1. The Hall–Kier alpha value is -1.35. The highest BCUT2D eigenvalue weighted by molar-refractivity contribution is 5.76. The van der Waals surface area contributed by atoms with Crippen LogP contribution in [0.5, 0.6) is 0 Å². The fourth-order valence-corrected chi connectivity index (χ4v) is 2.61. The average Bonchev–Trinajstić information content (AvgIpc) is 2.54. The first kappa shape index (κ1) is 17.7. The number of aryl methyl sites for hydroxylation is 1. The van der Waals surface area contributed by atoms with Crippen LogP contribution in [0.4, 0.5) is 0 Å². The molecule has 21 heavy (non-hydrogen) atoms. The first-order chi connectivity index (χ1) is 10.2. The first-order valence-electron chi connectivity index (χ1n) is 8.20. The van der Waals surface area contributed by atoms with Crippen LogP contribution in [0.3, 0.4) is 0 Å². The lowest BCUT2D eigenvalue weighted by Crippen LogP contribution is -2.46. The van der Waals surface area contributed by atoms with Crippen molar-refractivity contribution in [3.05, 3.63) is 35.9 Å². The van der Waals surface area contributed by atoms with Crippen molar-refractivity contribution in [1.82, 2.24) is 10.2 Å². The van der Waals surface area contributed by atoms with E-state index in [0.29, 0.717) is 18.4 Å². The molecule has 1 saturated heterocycles. The van der Waals surface area contributed by atoms with Crippen LogP contribution in [0, 0.1) is 6.92 Å². The van der Waals surface area contributed by atoms with Gasteiger partial charge in [0.15, 0.2) is 0 Å². The van der Waals surface area contributed by atoms with Gasteiger partial charge in [0, 0.05) is 19.0 Å². The predicted molar refractivity (Wildman–Crippen MR) is 89.4 cm³/mol. The quantitative estimate of drug-likeness (QED) is 0.922. The largest absolute Gasteiger partial charge is 0.340 e. The molecule has 0 aromatic heterocycles. The van der Waals surface area contributed by atoms with Gasteiger partial charge in [0.05, 0.1) is 0 Å². The summed E-state index contributed by atoms with van der Waals surface area (Å²) in [6.07, 6.45) is 3.94. The van der Waals surface area contributed by atoms with E-state index in [2.05, 4.69) is 36.2 Å². The highest BCUT2D eigenvalue weighted by Gasteiger charge is 2.23. The van der Waals surface area contributed by atoms with Crippen molar-refractivity contribution in [3.63, 3.8) is 0 Å². The molecule has 1 fully saturated rings. The van der Waals surface area contributed by atoms with Crippen molar-refractivity contribution in [2.45, 2.75) is 52.5 Å². The Labute approximate surface area is 129 Å². The van der Waals surface area contributed by atoms with Crippen LogP contribution in [0.1, 0.15) is 45.1 Å². The van der Waals surface area contributed by atoms with Crippen molar-refractivity contribution in [2.75, 3.05) is 19.6 Å². The number of nitrogens with zero attached hydrogens (tertiary/aromatic N) is 1. The molecule has 1 aliphatic rings. The minimum absolute atomic E-state index is 0.318. The minimum atomic E-state index is 0.318. The summed E-state index contributed by atoms with van der Waals surface area (Å²) in [5.41, 5.74) is 1.32. The van der Waals surface area contributed by atoms with Crippen LogP contribution in [0.15, 0.2) is 30.3 Å². The maximum atomic E-state index is 11.7. The Morgan fingerprint density at radius 2 is 1.81 bits per heavy atom. The fraction of sp³-hybridized carbons (Fsp3) is 0.611. The maximum Gasteiger partial charge on any atom is 0.222 e. The van der Waals surface area contributed by atoms with E-state index in [0.717, 1.165) is 38.9 Å². The van der Waals surface area contributed by atoms with Gasteiger partial charge in [-0.05, 0) is 39.3 Å². The van der Waals surface area contributed by atoms with Gasteiger partial charge in [0.25, 0.3) is 0 Å². The Morgan fingerprint density at radius 3 is 2.24 bits per heavy atom. The molecule has 3 nitrogen and oxygen atoms in total. The van der Waals surface area contributed by atoms with Crippen molar-refractivity contribution in [2.24, 2.45) is 0 Å². The lowest BCUT2D eigenvalue weighted by molar-refractivity contribution is -0.133. The van der Waals surface area contributed by atoms with E-state index in [1.165, 1.54) is 5.56 Å². The standard InChI is InChI=1S/C11H22N2O.C7H8/c1-3-9-13(11(14)4-2)10-5-7-12-8-6-10;1-7-5-3-2-4-6-7/h10,12H,3-9H2,1-2H3;2-6H,1H3. The third-order valence-electron chi connectivity index (χ3n) is 3.78. The average molecular weight is 290 g/mol. The first-order valence-corrected chi connectivity index (χ1v) is 8.20. The van der Waals surface area contributed by atoms with Gasteiger partial charge in [-0.2, -0.15) is 0 Å². The fourth-order valence-electron chi connectivity index (χ4n) is 2.61. The number of hydrogen-bond donors (Lipinski definition) is 1. The van der Waals surface area contributed by atoms with Gasteiger partial charge < -0.3 is 10.2 Å². The molecular formula is C18H30N2O.